The summed E-state index contributed by atoms with van der Waals surface area (Å²) in [6, 6.07) is 9.94. The van der Waals surface area contributed by atoms with Crippen LogP contribution in [0.5, 0.6) is 5.88 Å². The third-order valence-electron chi connectivity index (χ3n) is 4.30. The van der Waals surface area contributed by atoms with Crippen LogP contribution in [0, 0.1) is 5.82 Å². The first-order valence-electron chi connectivity index (χ1n) is 9.42. The van der Waals surface area contributed by atoms with E-state index in [0.29, 0.717) is 36.0 Å². The molecule has 0 saturated heterocycles. The molecule has 2 heterocycles. The number of hydrogen-bond donors (Lipinski definition) is 0. The molecule has 0 aliphatic carbocycles. The van der Waals surface area contributed by atoms with Gasteiger partial charge >= 0.3 is 6.09 Å². The van der Waals surface area contributed by atoms with Crippen molar-refractivity contribution in [1.82, 2.24) is 9.88 Å². The van der Waals surface area contributed by atoms with Crippen LogP contribution in [0.4, 0.5) is 9.18 Å². The monoisotopic (exact) mass is 418 g/mol. The minimum atomic E-state index is -0.516. The molecule has 3 rings (SSSR count). The smallest absolute Gasteiger partial charge is 0.410 e. The van der Waals surface area contributed by atoms with Crippen molar-refractivity contribution in [3.05, 3.63) is 64.6 Å². The van der Waals surface area contributed by atoms with Crippen molar-refractivity contribution in [1.29, 1.82) is 0 Å². The number of nitrogens with zero attached hydrogens (tertiary/aromatic N) is 2. The molecule has 1 aromatic carbocycles. The molecule has 154 valence electrons. The van der Waals surface area contributed by atoms with Gasteiger partial charge in [-0.15, -0.1) is 0 Å². The third-order valence-corrected chi connectivity index (χ3v) is 4.54. The van der Waals surface area contributed by atoms with E-state index in [4.69, 9.17) is 21.1 Å². The molecule has 2 aromatic rings. The molecular weight excluding hydrogens is 395 g/mol. The summed E-state index contributed by atoms with van der Waals surface area (Å²) in [4.78, 5) is 18.4. The molecule has 1 amide bonds. The number of ether oxygens (including phenoxy) is 2. The molecule has 29 heavy (non-hydrogen) atoms. The Labute approximate surface area is 175 Å². The first-order chi connectivity index (χ1) is 13.7. The zero-order valence-electron chi connectivity index (χ0n) is 16.7. The first kappa shape index (κ1) is 21.1. The standard InChI is InChI=1S/C22H24ClFN2O3/c1-22(2,3)29-21(27)26-11-9-15(10-12-26)19-5-4-6-20(25-19)28-14-16-7-8-17(23)13-18(16)24/h4-9,13H,10-12,14H2,1-3H3. The normalized spacial score (nSPS) is 14.4. The van der Waals surface area contributed by atoms with Crippen molar-refractivity contribution >= 4 is 23.3 Å². The van der Waals surface area contributed by atoms with Crippen molar-refractivity contribution < 1.29 is 18.7 Å². The Bertz CT molecular complexity index is 925. The minimum absolute atomic E-state index is 0.0604. The van der Waals surface area contributed by atoms with Gasteiger partial charge < -0.3 is 14.4 Å². The van der Waals surface area contributed by atoms with E-state index in [9.17, 15) is 9.18 Å². The number of hydrogen-bond acceptors (Lipinski definition) is 4. The van der Waals surface area contributed by atoms with Crippen LogP contribution in [0.2, 0.25) is 5.02 Å². The molecule has 0 spiro atoms. The molecule has 1 aliphatic heterocycles. The Morgan fingerprint density at radius 1 is 1.28 bits per heavy atom. The second-order valence-corrected chi connectivity index (χ2v) is 8.23. The van der Waals surface area contributed by atoms with Crippen LogP contribution >= 0.6 is 11.6 Å². The lowest BCUT2D eigenvalue weighted by atomic mass is 10.0. The lowest BCUT2D eigenvalue weighted by molar-refractivity contribution is 0.0270. The number of amides is 1. The molecule has 0 unspecified atom stereocenters. The number of rotatable bonds is 4. The van der Waals surface area contributed by atoms with Gasteiger partial charge in [0.25, 0.3) is 0 Å². The summed E-state index contributed by atoms with van der Waals surface area (Å²) < 4.78 is 25.0. The molecular formula is C22H24ClFN2O3. The summed E-state index contributed by atoms with van der Waals surface area (Å²) in [6.45, 7) is 6.63. The van der Waals surface area contributed by atoms with Gasteiger partial charge in [-0.3, -0.25) is 0 Å². The summed E-state index contributed by atoms with van der Waals surface area (Å²) in [7, 11) is 0. The van der Waals surface area contributed by atoms with Crippen molar-refractivity contribution in [2.75, 3.05) is 13.1 Å². The zero-order valence-corrected chi connectivity index (χ0v) is 17.5. The van der Waals surface area contributed by atoms with E-state index in [-0.39, 0.29) is 12.7 Å². The molecule has 1 aromatic heterocycles. The van der Waals surface area contributed by atoms with E-state index >= 15 is 0 Å². The van der Waals surface area contributed by atoms with Gasteiger partial charge in [-0.1, -0.05) is 29.8 Å². The van der Waals surface area contributed by atoms with E-state index in [1.54, 1.807) is 23.1 Å². The lowest BCUT2D eigenvalue weighted by Gasteiger charge is -2.29. The van der Waals surface area contributed by atoms with Crippen LogP contribution in [-0.4, -0.2) is 34.7 Å². The molecule has 5 nitrogen and oxygen atoms in total. The lowest BCUT2D eigenvalue weighted by Crippen LogP contribution is -2.39. The highest BCUT2D eigenvalue weighted by Gasteiger charge is 2.24. The summed E-state index contributed by atoms with van der Waals surface area (Å²) in [5.74, 6) is -0.00167. The SMILES string of the molecule is CC(C)(C)OC(=O)N1CC=C(c2cccc(OCc3ccc(Cl)cc3F)n2)CC1. The van der Waals surface area contributed by atoms with E-state index < -0.39 is 11.4 Å². The van der Waals surface area contributed by atoms with Gasteiger partial charge in [0.2, 0.25) is 5.88 Å². The molecule has 0 radical (unpaired) electrons. The van der Waals surface area contributed by atoms with Gasteiger partial charge in [0.05, 0.1) is 5.69 Å². The Morgan fingerprint density at radius 3 is 2.72 bits per heavy atom. The van der Waals surface area contributed by atoms with Crippen LogP contribution < -0.4 is 4.74 Å². The molecule has 0 saturated carbocycles. The van der Waals surface area contributed by atoms with E-state index in [1.165, 1.54) is 6.07 Å². The first-order valence-corrected chi connectivity index (χ1v) is 9.80. The maximum Gasteiger partial charge on any atom is 0.410 e. The van der Waals surface area contributed by atoms with E-state index in [0.717, 1.165) is 11.3 Å². The number of carbonyl (C=O) groups is 1. The molecule has 0 bridgehead atoms. The van der Waals surface area contributed by atoms with Crippen LogP contribution in [-0.2, 0) is 11.3 Å². The maximum atomic E-state index is 13.9. The second kappa shape index (κ2) is 8.82. The fraction of sp³-hybridized carbons (Fsp3) is 0.364. The van der Waals surface area contributed by atoms with Crippen molar-refractivity contribution in [3.8, 4) is 5.88 Å². The second-order valence-electron chi connectivity index (χ2n) is 7.79. The average Bonchev–Trinajstić information content (AvgIpc) is 2.66. The Morgan fingerprint density at radius 2 is 2.07 bits per heavy atom. The van der Waals surface area contributed by atoms with Gasteiger partial charge in [0.1, 0.15) is 18.0 Å². The van der Waals surface area contributed by atoms with E-state index in [2.05, 4.69) is 4.98 Å². The number of carbonyl (C=O) groups excluding carboxylic acids is 1. The summed E-state index contributed by atoms with van der Waals surface area (Å²) >= 11 is 5.77. The van der Waals surface area contributed by atoms with Crippen LogP contribution in [0.3, 0.4) is 0 Å². The molecule has 1 aliphatic rings. The van der Waals surface area contributed by atoms with Gasteiger partial charge in [0, 0.05) is 29.7 Å². The van der Waals surface area contributed by atoms with Crippen LogP contribution in [0.1, 0.15) is 38.4 Å². The summed E-state index contributed by atoms with van der Waals surface area (Å²) in [5.41, 5.74) is 1.71. The highest BCUT2D eigenvalue weighted by atomic mass is 35.5. The van der Waals surface area contributed by atoms with Crippen molar-refractivity contribution in [3.63, 3.8) is 0 Å². The van der Waals surface area contributed by atoms with E-state index in [1.807, 2.05) is 39.0 Å². The van der Waals surface area contributed by atoms with Crippen LogP contribution in [0.25, 0.3) is 5.57 Å². The largest absolute Gasteiger partial charge is 0.473 e. The average molecular weight is 419 g/mol. The fourth-order valence-corrected chi connectivity index (χ4v) is 3.02. The quantitative estimate of drug-likeness (QED) is 0.660. The minimum Gasteiger partial charge on any atom is -0.473 e. The Balaban J connectivity index is 1.63. The number of pyridine rings is 1. The summed E-state index contributed by atoms with van der Waals surface area (Å²) in [5, 5.41) is 0.344. The maximum absolute atomic E-state index is 13.9. The zero-order chi connectivity index (χ0) is 21.0. The van der Waals surface area contributed by atoms with Gasteiger partial charge in [-0.05, 0) is 51.0 Å². The fourth-order valence-electron chi connectivity index (χ4n) is 2.86. The van der Waals surface area contributed by atoms with Gasteiger partial charge in [0.15, 0.2) is 0 Å². The summed E-state index contributed by atoms with van der Waals surface area (Å²) in [6.07, 6.45) is 2.32. The molecule has 7 heteroatoms. The van der Waals surface area contributed by atoms with Crippen molar-refractivity contribution in [2.45, 2.75) is 39.4 Å². The molecule has 0 N–H and O–H groups in total. The Kier molecular flexibility index (Phi) is 6.42. The Hall–Kier alpha value is -2.60. The predicted molar refractivity (Wildman–Crippen MR) is 110 cm³/mol. The van der Waals surface area contributed by atoms with Crippen LogP contribution in [0.15, 0.2) is 42.5 Å². The van der Waals surface area contributed by atoms with Gasteiger partial charge in [-0.25, -0.2) is 14.2 Å². The number of benzene rings is 1. The predicted octanol–water partition coefficient (Wildman–Crippen LogP) is 5.48. The number of halogens is 2. The van der Waals surface area contributed by atoms with Gasteiger partial charge in [-0.2, -0.15) is 0 Å². The third kappa shape index (κ3) is 5.94. The highest BCUT2D eigenvalue weighted by Crippen LogP contribution is 2.24. The molecule has 0 fully saturated rings. The molecule has 0 atom stereocenters. The number of aromatic nitrogens is 1. The topological polar surface area (TPSA) is 51.7 Å². The highest BCUT2D eigenvalue weighted by molar-refractivity contribution is 6.30. The van der Waals surface area contributed by atoms with Crippen molar-refractivity contribution in [2.24, 2.45) is 0 Å².